The summed E-state index contributed by atoms with van der Waals surface area (Å²) in [6.07, 6.45) is 8.03. The molecule has 1 atom stereocenters. The number of amides is 2. The van der Waals surface area contributed by atoms with Gasteiger partial charge in [-0.25, -0.2) is 9.78 Å². The van der Waals surface area contributed by atoms with E-state index in [4.69, 9.17) is 4.74 Å². The van der Waals surface area contributed by atoms with Crippen LogP contribution in [0.5, 0.6) is 0 Å². The number of pyridine rings is 1. The highest BCUT2D eigenvalue weighted by Gasteiger charge is 2.32. The molecule has 0 spiro atoms. The molecule has 168 valence electrons. The Morgan fingerprint density at radius 2 is 1.87 bits per heavy atom. The fraction of sp³-hybridized carbons (Fsp3) is 0.565. The number of hydrogen-bond acceptors (Lipinski definition) is 5. The van der Waals surface area contributed by atoms with Crippen LogP contribution in [-0.2, 0) is 16.6 Å². The van der Waals surface area contributed by atoms with Crippen LogP contribution in [0.15, 0.2) is 24.5 Å². The minimum atomic E-state index is -0.657. The standard InChI is InChI=1S/C23H33N5O3/c1-15-13-25-28(5)20(15)17-11-12-18(24-14-17)26-21(29)19(16-9-7-6-8-10-16)27-22(30)31-23(2,3)4/h11-14,16,19H,6-10H2,1-5H3,(H,27,30)(H,24,26,29)/t19-/m0/s1. The predicted molar refractivity (Wildman–Crippen MR) is 120 cm³/mol. The first-order chi connectivity index (χ1) is 14.6. The van der Waals surface area contributed by atoms with Crippen LogP contribution >= 0.6 is 0 Å². The highest BCUT2D eigenvalue weighted by Crippen LogP contribution is 2.28. The summed E-state index contributed by atoms with van der Waals surface area (Å²) in [6, 6.07) is 3.02. The lowest BCUT2D eigenvalue weighted by molar-refractivity contribution is -0.119. The Morgan fingerprint density at radius 3 is 2.42 bits per heavy atom. The maximum atomic E-state index is 13.1. The fourth-order valence-corrected chi connectivity index (χ4v) is 4.07. The molecule has 2 heterocycles. The fourth-order valence-electron chi connectivity index (χ4n) is 4.07. The number of carbonyl (C=O) groups excluding carboxylic acids is 2. The van der Waals surface area contributed by atoms with Crippen molar-refractivity contribution >= 4 is 17.8 Å². The second-order valence-electron chi connectivity index (χ2n) is 9.24. The summed E-state index contributed by atoms with van der Waals surface area (Å²) in [4.78, 5) is 29.9. The van der Waals surface area contributed by atoms with Crippen LogP contribution in [0.3, 0.4) is 0 Å². The molecule has 1 aliphatic carbocycles. The zero-order valence-electron chi connectivity index (χ0n) is 19.1. The van der Waals surface area contributed by atoms with E-state index in [1.165, 1.54) is 0 Å². The number of rotatable bonds is 5. The first-order valence-corrected chi connectivity index (χ1v) is 10.9. The number of nitrogens with one attached hydrogen (secondary N) is 2. The lowest BCUT2D eigenvalue weighted by Crippen LogP contribution is -2.50. The Labute approximate surface area is 183 Å². The SMILES string of the molecule is Cc1cnn(C)c1-c1ccc(NC(=O)[C@@H](NC(=O)OC(C)(C)C)C2CCCCC2)nc1. The molecule has 0 bridgehead atoms. The average molecular weight is 428 g/mol. The first-order valence-electron chi connectivity index (χ1n) is 10.9. The van der Waals surface area contributed by atoms with E-state index >= 15 is 0 Å². The Balaban J connectivity index is 1.72. The number of alkyl carbamates (subject to hydrolysis) is 1. The molecule has 0 aliphatic heterocycles. The minimum Gasteiger partial charge on any atom is -0.444 e. The van der Waals surface area contributed by atoms with Crippen molar-refractivity contribution < 1.29 is 14.3 Å². The van der Waals surface area contributed by atoms with Gasteiger partial charge in [0.05, 0.1) is 11.9 Å². The molecule has 1 fully saturated rings. The summed E-state index contributed by atoms with van der Waals surface area (Å²) < 4.78 is 7.19. The van der Waals surface area contributed by atoms with Gasteiger partial charge in [-0.1, -0.05) is 19.3 Å². The highest BCUT2D eigenvalue weighted by atomic mass is 16.6. The number of carbonyl (C=O) groups is 2. The van der Waals surface area contributed by atoms with Crippen LogP contribution in [0, 0.1) is 12.8 Å². The molecule has 2 amide bonds. The predicted octanol–water partition coefficient (Wildman–Crippen LogP) is 4.20. The lowest BCUT2D eigenvalue weighted by atomic mass is 9.83. The van der Waals surface area contributed by atoms with E-state index in [0.29, 0.717) is 5.82 Å². The third-order valence-electron chi connectivity index (χ3n) is 5.49. The van der Waals surface area contributed by atoms with E-state index in [-0.39, 0.29) is 11.8 Å². The van der Waals surface area contributed by atoms with Gasteiger partial charge in [0.1, 0.15) is 17.5 Å². The topological polar surface area (TPSA) is 98.1 Å². The second kappa shape index (κ2) is 9.49. The van der Waals surface area contributed by atoms with Gasteiger partial charge < -0.3 is 15.4 Å². The van der Waals surface area contributed by atoms with Crippen LogP contribution in [0.2, 0.25) is 0 Å². The number of hydrogen-bond donors (Lipinski definition) is 2. The number of ether oxygens (including phenoxy) is 1. The first kappa shape index (κ1) is 22.8. The molecule has 2 N–H and O–H groups in total. The maximum Gasteiger partial charge on any atom is 0.408 e. The Morgan fingerprint density at radius 1 is 1.16 bits per heavy atom. The molecule has 8 heteroatoms. The van der Waals surface area contributed by atoms with Crippen LogP contribution < -0.4 is 10.6 Å². The zero-order valence-corrected chi connectivity index (χ0v) is 19.1. The summed E-state index contributed by atoms with van der Waals surface area (Å²) in [6.45, 7) is 7.41. The van der Waals surface area contributed by atoms with Crippen molar-refractivity contribution in [2.45, 2.75) is 71.4 Å². The Hall–Kier alpha value is -2.90. The van der Waals surface area contributed by atoms with E-state index in [1.54, 1.807) is 37.7 Å². The van der Waals surface area contributed by atoms with E-state index in [1.807, 2.05) is 26.2 Å². The summed E-state index contributed by atoms with van der Waals surface area (Å²) in [5, 5.41) is 9.92. The molecule has 2 aromatic rings. The van der Waals surface area contributed by atoms with Gasteiger partial charge in [-0.15, -0.1) is 0 Å². The quantitative estimate of drug-likeness (QED) is 0.745. The van der Waals surface area contributed by atoms with Gasteiger partial charge in [0.25, 0.3) is 0 Å². The van der Waals surface area contributed by atoms with Gasteiger partial charge in [-0.05, 0) is 64.2 Å². The van der Waals surface area contributed by atoms with Crippen LogP contribution in [0.25, 0.3) is 11.3 Å². The van der Waals surface area contributed by atoms with Gasteiger partial charge in [0.15, 0.2) is 0 Å². The smallest absolute Gasteiger partial charge is 0.408 e. The van der Waals surface area contributed by atoms with Crippen molar-refractivity contribution in [3.05, 3.63) is 30.1 Å². The molecule has 8 nitrogen and oxygen atoms in total. The van der Waals surface area contributed by atoms with Crippen LogP contribution in [-0.4, -0.2) is 38.4 Å². The molecule has 0 radical (unpaired) electrons. The van der Waals surface area contributed by atoms with Gasteiger partial charge in [-0.2, -0.15) is 5.10 Å². The van der Waals surface area contributed by atoms with Crippen LogP contribution in [0.1, 0.15) is 58.4 Å². The number of aromatic nitrogens is 3. The zero-order chi connectivity index (χ0) is 22.6. The molecule has 0 aromatic carbocycles. The van der Waals surface area contributed by atoms with E-state index in [0.717, 1.165) is 48.9 Å². The van der Waals surface area contributed by atoms with Crippen molar-refractivity contribution in [3.8, 4) is 11.3 Å². The summed E-state index contributed by atoms with van der Waals surface area (Å²) in [7, 11) is 1.88. The summed E-state index contributed by atoms with van der Waals surface area (Å²) >= 11 is 0. The lowest BCUT2D eigenvalue weighted by Gasteiger charge is -2.30. The summed E-state index contributed by atoms with van der Waals surface area (Å²) in [5.41, 5.74) is 2.34. The third kappa shape index (κ3) is 6.06. The van der Waals surface area contributed by atoms with Crippen molar-refractivity contribution in [1.29, 1.82) is 0 Å². The average Bonchev–Trinajstić information content (AvgIpc) is 3.04. The largest absolute Gasteiger partial charge is 0.444 e. The molecular formula is C23H33N5O3. The number of aryl methyl sites for hydroxylation is 2. The maximum absolute atomic E-state index is 13.1. The van der Waals surface area contributed by atoms with Crippen molar-refractivity contribution in [3.63, 3.8) is 0 Å². The van der Waals surface area contributed by atoms with Crippen molar-refractivity contribution in [2.75, 3.05) is 5.32 Å². The minimum absolute atomic E-state index is 0.0811. The monoisotopic (exact) mass is 427 g/mol. The molecule has 0 saturated heterocycles. The third-order valence-corrected chi connectivity index (χ3v) is 5.49. The van der Waals surface area contributed by atoms with Crippen molar-refractivity contribution in [1.82, 2.24) is 20.1 Å². The molecule has 31 heavy (non-hydrogen) atoms. The molecule has 2 aromatic heterocycles. The normalized spacial score (nSPS) is 15.9. The second-order valence-corrected chi connectivity index (χ2v) is 9.24. The van der Waals surface area contributed by atoms with Gasteiger partial charge in [0.2, 0.25) is 5.91 Å². The van der Waals surface area contributed by atoms with Gasteiger partial charge in [0, 0.05) is 18.8 Å². The molecule has 0 unspecified atom stereocenters. The Bertz CT molecular complexity index is 889. The van der Waals surface area contributed by atoms with Crippen molar-refractivity contribution in [2.24, 2.45) is 13.0 Å². The molecular weight excluding hydrogens is 394 g/mol. The summed E-state index contributed by atoms with van der Waals surface area (Å²) in [5.74, 6) is 0.257. The van der Waals surface area contributed by atoms with E-state index in [9.17, 15) is 9.59 Å². The van der Waals surface area contributed by atoms with Crippen LogP contribution in [0.4, 0.5) is 10.6 Å². The molecule has 3 rings (SSSR count). The van der Waals surface area contributed by atoms with Gasteiger partial charge >= 0.3 is 6.09 Å². The van der Waals surface area contributed by atoms with E-state index in [2.05, 4.69) is 20.7 Å². The molecule has 1 saturated carbocycles. The number of anilines is 1. The number of nitrogens with zero attached hydrogens (tertiary/aromatic N) is 3. The highest BCUT2D eigenvalue weighted by molar-refractivity contribution is 5.96. The molecule has 1 aliphatic rings. The van der Waals surface area contributed by atoms with Gasteiger partial charge in [-0.3, -0.25) is 9.48 Å². The van der Waals surface area contributed by atoms with E-state index < -0.39 is 17.7 Å². The Kier molecular flexibility index (Phi) is 6.97.